The lowest BCUT2D eigenvalue weighted by Crippen LogP contribution is -2.29. The van der Waals surface area contributed by atoms with Crippen LogP contribution >= 0.6 is 0 Å². The van der Waals surface area contributed by atoms with Gasteiger partial charge in [0.2, 0.25) is 0 Å². The van der Waals surface area contributed by atoms with E-state index in [1.54, 1.807) is 12.1 Å². The molecule has 2 aromatic rings. The number of benzene rings is 1. The summed E-state index contributed by atoms with van der Waals surface area (Å²) in [6.07, 6.45) is 7.37. The van der Waals surface area contributed by atoms with E-state index in [1.165, 1.54) is 32.1 Å². The van der Waals surface area contributed by atoms with E-state index in [-0.39, 0.29) is 0 Å². The highest BCUT2D eigenvalue weighted by Crippen LogP contribution is 2.13. The van der Waals surface area contributed by atoms with Gasteiger partial charge in [-0.05, 0) is 35.8 Å². The Kier molecular flexibility index (Phi) is 5.56. The number of pyridine rings is 1. The Bertz CT molecular complexity index is 557. The van der Waals surface area contributed by atoms with Gasteiger partial charge < -0.3 is 10.0 Å². The molecule has 106 valence electrons. The van der Waals surface area contributed by atoms with Crippen molar-refractivity contribution in [2.75, 3.05) is 0 Å². The Hall–Kier alpha value is -1.39. The van der Waals surface area contributed by atoms with Crippen LogP contribution in [-0.4, -0.2) is 22.2 Å². The molecule has 0 atom stereocenters. The normalized spacial score (nSPS) is 10.9. The molecule has 0 saturated carbocycles. The van der Waals surface area contributed by atoms with Gasteiger partial charge in [-0.2, -0.15) is 0 Å². The lowest BCUT2D eigenvalue weighted by Gasteiger charge is -2.05. The fraction of sp³-hybridized carbons (Fsp3) is 0.438. The Morgan fingerprint density at radius 3 is 2.55 bits per heavy atom. The Morgan fingerprint density at radius 1 is 1.00 bits per heavy atom. The van der Waals surface area contributed by atoms with E-state index in [4.69, 9.17) is 10.0 Å². The summed E-state index contributed by atoms with van der Waals surface area (Å²) in [6, 6.07) is 9.39. The molecule has 0 fully saturated rings. The van der Waals surface area contributed by atoms with E-state index in [1.807, 2.05) is 18.2 Å². The molecule has 0 bridgehead atoms. The van der Waals surface area contributed by atoms with Crippen LogP contribution in [0.5, 0.6) is 0 Å². The van der Waals surface area contributed by atoms with Crippen LogP contribution in [0.25, 0.3) is 10.9 Å². The van der Waals surface area contributed by atoms with E-state index in [2.05, 4.69) is 11.9 Å². The molecule has 0 aliphatic heterocycles. The summed E-state index contributed by atoms with van der Waals surface area (Å²) in [6.45, 7) is 2.22. The average molecular weight is 271 g/mol. The van der Waals surface area contributed by atoms with Gasteiger partial charge in [-0.25, -0.2) is 0 Å². The first-order valence-corrected chi connectivity index (χ1v) is 7.46. The van der Waals surface area contributed by atoms with E-state index in [0.717, 1.165) is 23.0 Å². The molecule has 0 spiro atoms. The van der Waals surface area contributed by atoms with Gasteiger partial charge in [0.15, 0.2) is 0 Å². The van der Waals surface area contributed by atoms with Gasteiger partial charge in [0, 0.05) is 5.69 Å². The van der Waals surface area contributed by atoms with Crippen LogP contribution in [0, 0.1) is 0 Å². The summed E-state index contributed by atoms with van der Waals surface area (Å²) in [5.41, 5.74) is 2.54. The number of rotatable bonds is 7. The zero-order valence-corrected chi connectivity index (χ0v) is 12.0. The first kappa shape index (κ1) is 15.0. The predicted octanol–water partition coefficient (Wildman–Crippen LogP) is 2.43. The van der Waals surface area contributed by atoms with E-state index in [0.29, 0.717) is 5.46 Å². The van der Waals surface area contributed by atoms with E-state index in [9.17, 15) is 0 Å². The van der Waals surface area contributed by atoms with Crippen LogP contribution in [0.2, 0.25) is 0 Å². The number of unbranched alkanes of at least 4 members (excludes halogenated alkanes) is 4. The third-order valence-corrected chi connectivity index (χ3v) is 3.61. The standard InChI is InChI=1S/C16H22BNO2/c1-2-3-4-5-6-7-15-10-8-13-12-14(17(19)20)9-11-16(13)18-15/h8-12,19-20H,2-7H2,1H3. The Morgan fingerprint density at radius 2 is 1.80 bits per heavy atom. The number of aryl methyl sites for hydroxylation is 1. The summed E-state index contributed by atoms with van der Waals surface area (Å²) in [5, 5.41) is 19.3. The van der Waals surface area contributed by atoms with Crippen LogP contribution in [0.4, 0.5) is 0 Å². The lowest BCUT2D eigenvalue weighted by atomic mass is 9.80. The predicted molar refractivity (Wildman–Crippen MR) is 84.0 cm³/mol. The molecular weight excluding hydrogens is 249 g/mol. The number of hydrogen-bond acceptors (Lipinski definition) is 3. The van der Waals surface area contributed by atoms with Crippen molar-refractivity contribution in [3.8, 4) is 0 Å². The molecule has 3 nitrogen and oxygen atoms in total. The maximum Gasteiger partial charge on any atom is 0.488 e. The Balaban J connectivity index is 2.00. The first-order chi connectivity index (χ1) is 9.70. The van der Waals surface area contributed by atoms with Crippen LogP contribution in [-0.2, 0) is 6.42 Å². The minimum absolute atomic E-state index is 0.506. The number of hydrogen-bond donors (Lipinski definition) is 2. The van der Waals surface area contributed by atoms with Crippen LogP contribution in [0.3, 0.4) is 0 Å². The number of fused-ring (bicyclic) bond motifs is 1. The molecule has 4 heteroatoms. The SMILES string of the molecule is CCCCCCCc1ccc2cc(B(O)O)ccc2n1. The summed E-state index contributed by atoms with van der Waals surface area (Å²) in [4.78, 5) is 4.63. The topological polar surface area (TPSA) is 53.4 Å². The van der Waals surface area contributed by atoms with Crippen LogP contribution in [0.1, 0.15) is 44.7 Å². The smallest absolute Gasteiger partial charge is 0.423 e. The molecule has 1 aromatic heterocycles. The van der Waals surface area contributed by atoms with E-state index < -0.39 is 7.12 Å². The van der Waals surface area contributed by atoms with E-state index >= 15 is 0 Å². The maximum absolute atomic E-state index is 9.16. The molecule has 0 aliphatic rings. The third kappa shape index (κ3) is 4.05. The zero-order valence-electron chi connectivity index (χ0n) is 12.0. The molecule has 2 N–H and O–H groups in total. The van der Waals surface area contributed by atoms with Crippen molar-refractivity contribution in [3.63, 3.8) is 0 Å². The minimum atomic E-state index is -1.42. The number of nitrogens with zero attached hydrogens (tertiary/aromatic N) is 1. The highest BCUT2D eigenvalue weighted by molar-refractivity contribution is 6.58. The van der Waals surface area contributed by atoms with Gasteiger partial charge >= 0.3 is 7.12 Å². The fourth-order valence-corrected chi connectivity index (χ4v) is 2.40. The molecule has 0 unspecified atom stereocenters. The molecule has 2 rings (SSSR count). The molecular formula is C16H22BNO2. The van der Waals surface area contributed by atoms with Crippen LogP contribution < -0.4 is 5.46 Å². The average Bonchev–Trinajstić information content (AvgIpc) is 2.46. The van der Waals surface area contributed by atoms with Crippen molar-refractivity contribution >= 4 is 23.5 Å². The third-order valence-electron chi connectivity index (χ3n) is 3.61. The quantitative estimate of drug-likeness (QED) is 0.600. The largest absolute Gasteiger partial charge is 0.488 e. The highest BCUT2D eigenvalue weighted by atomic mass is 16.4. The highest BCUT2D eigenvalue weighted by Gasteiger charge is 2.11. The molecule has 0 radical (unpaired) electrons. The van der Waals surface area contributed by atoms with Gasteiger partial charge in [0.25, 0.3) is 0 Å². The van der Waals surface area contributed by atoms with Crippen molar-refractivity contribution in [2.24, 2.45) is 0 Å². The first-order valence-electron chi connectivity index (χ1n) is 7.46. The summed E-state index contributed by atoms with van der Waals surface area (Å²) in [7, 11) is -1.42. The molecule has 1 heterocycles. The monoisotopic (exact) mass is 271 g/mol. The van der Waals surface area contributed by atoms with Gasteiger partial charge in [0.1, 0.15) is 0 Å². The van der Waals surface area contributed by atoms with Gasteiger partial charge in [-0.1, -0.05) is 50.8 Å². The summed E-state index contributed by atoms with van der Waals surface area (Å²) in [5.74, 6) is 0. The maximum atomic E-state index is 9.16. The molecule has 0 aliphatic carbocycles. The molecule has 0 amide bonds. The number of aromatic nitrogens is 1. The van der Waals surface area contributed by atoms with Crippen molar-refractivity contribution < 1.29 is 10.0 Å². The molecule has 1 aromatic carbocycles. The van der Waals surface area contributed by atoms with Crippen LogP contribution in [0.15, 0.2) is 30.3 Å². The fourth-order valence-electron chi connectivity index (χ4n) is 2.40. The second-order valence-electron chi connectivity index (χ2n) is 5.29. The summed E-state index contributed by atoms with van der Waals surface area (Å²) < 4.78 is 0. The lowest BCUT2D eigenvalue weighted by molar-refractivity contribution is 0.426. The van der Waals surface area contributed by atoms with Crippen molar-refractivity contribution in [2.45, 2.75) is 45.4 Å². The van der Waals surface area contributed by atoms with Gasteiger partial charge in [-0.15, -0.1) is 0 Å². The van der Waals surface area contributed by atoms with Gasteiger partial charge in [-0.3, -0.25) is 4.98 Å². The van der Waals surface area contributed by atoms with Gasteiger partial charge in [0.05, 0.1) is 5.52 Å². The van der Waals surface area contributed by atoms with Crippen molar-refractivity contribution in [1.29, 1.82) is 0 Å². The Labute approximate surface area is 120 Å². The minimum Gasteiger partial charge on any atom is -0.423 e. The summed E-state index contributed by atoms with van der Waals surface area (Å²) >= 11 is 0. The van der Waals surface area contributed by atoms with Crippen molar-refractivity contribution in [3.05, 3.63) is 36.0 Å². The zero-order chi connectivity index (χ0) is 14.4. The second-order valence-corrected chi connectivity index (χ2v) is 5.29. The molecule has 20 heavy (non-hydrogen) atoms. The second kappa shape index (κ2) is 7.41. The molecule has 0 saturated heterocycles. The van der Waals surface area contributed by atoms with Crippen molar-refractivity contribution in [1.82, 2.24) is 4.98 Å².